The van der Waals surface area contributed by atoms with Gasteiger partial charge in [0.05, 0.1) is 18.8 Å². The van der Waals surface area contributed by atoms with E-state index in [1.807, 2.05) is 24.3 Å². The quantitative estimate of drug-likeness (QED) is 0.454. The van der Waals surface area contributed by atoms with Gasteiger partial charge in [0.25, 0.3) is 0 Å². The Morgan fingerprint density at radius 1 is 1.21 bits per heavy atom. The van der Waals surface area contributed by atoms with Crippen LogP contribution in [-0.2, 0) is 6.42 Å². The van der Waals surface area contributed by atoms with Crippen LogP contribution in [0.2, 0.25) is 0 Å². The normalized spacial score (nSPS) is 10.2. The Morgan fingerprint density at radius 3 is 2.64 bits per heavy atom. The second-order valence-corrected chi connectivity index (χ2v) is 3.06. The molecule has 0 aliphatic heterocycles. The van der Waals surface area contributed by atoms with Crippen LogP contribution in [-0.4, -0.2) is 30.0 Å². The number of hydrogen-bond acceptors (Lipinski definition) is 4. The molecule has 0 heterocycles. The lowest BCUT2D eigenvalue weighted by molar-refractivity contribution is 0.299. The fourth-order valence-electron chi connectivity index (χ4n) is 1.26. The summed E-state index contributed by atoms with van der Waals surface area (Å²) >= 11 is 0. The molecule has 0 radical (unpaired) electrons. The van der Waals surface area contributed by atoms with Crippen molar-refractivity contribution in [1.29, 1.82) is 0 Å². The van der Waals surface area contributed by atoms with E-state index in [-0.39, 0.29) is 13.2 Å². The third-order valence-corrected chi connectivity index (χ3v) is 1.98. The van der Waals surface area contributed by atoms with Crippen molar-refractivity contribution in [3.63, 3.8) is 0 Å². The Bertz CT molecular complexity index is 279. The number of hydrogen-bond donors (Lipinski definition) is 3. The minimum atomic E-state index is 0.0285. The molecule has 1 rings (SSSR count). The molecule has 0 spiro atoms. The second kappa shape index (κ2) is 5.59. The molecule has 0 saturated heterocycles. The van der Waals surface area contributed by atoms with Crippen LogP contribution in [0.15, 0.2) is 24.3 Å². The Labute approximate surface area is 83.5 Å². The molecule has 1 aromatic rings. The summed E-state index contributed by atoms with van der Waals surface area (Å²) < 4.78 is 0. The Hall–Kier alpha value is -1.10. The minimum Gasteiger partial charge on any atom is -0.396 e. The van der Waals surface area contributed by atoms with Crippen molar-refractivity contribution in [2.24, 2.45) is 5.84 Å². The van der Waals surface area contributed by atoms with Crippen molar-refractivity contribution in [3.8, 4) is 0 Å². The van der Waals surface area contributed by atoms with E-state index >= 15 is 0 Å². The van der Waals surface area contributed by atoms with Crippen molar-refractivity contribution in [2.45, 2.75) is 6.42 Å². The highest BCUT2D eigenvalue weighted by atomic mass is 16.3. The first-order valence-corrected chi connectivity index (χ1v) is 4.61. The second-order valence-electron chi connectivity index (χ2n) is 3.06. The summed E-state index contributed by atoms with van der Waals surface area (Å²) in [5.74, 6) is 5.68. The third-order valence-electron chi connectivity index (χ3n) is 1.98. The van der Waals surface area contributed by atoms with E-state index in [2.05, 4.69) is 0 Å². The minimum absolute atomic E-state index is 0.0285. The maximum Gasteiger partial charge on any atom is 0.0622 e. The van der Waals surface area contributed by atoms with Gasteiger partial charge in [-0.05, 0) is 24.1 Å². The molecule has 0 aromatic heterocycles. The van der Waals surface area contributed by atoms with E-state index < -0.39 is 0 Å². The van der Waals surface area contributed by atoms with Gasteiger partial charge in [0.2, 0.25) is 0 Å². The molecule has 4 N–H and O–H groups in total. The van der Waals surface area contributed by atoms with Crippen LogP contribution in [0.1, 0.15) is 5.56 Å². The van der Waals surface area contributed by atoms with Gasteiger partial charge < -0.3 is 15.2 Å². The van der Waals surface area contributed by atoms with E-state index in [1.54, 1.807) is 0 Å². The fourth-order valence-corrected chi connectivity index (χ4v) is 1.26. The van der Waals surface area contributed by atoms with Crippen molar-refractivity contribution < 1.29 is 10.2 Å². The predicted octanol–water partition coefficient (Wildman–Crippen LogP) is -0.106. The molecule has 0 atom stereocenters. The zero-order valence-electron chi connectivity index (χ0n) is 8.06. The van der Waals surface area contributed by atoms with Gasteiger partial charge in [-0.25, -0.2) is 5.84 Å². The van der Waals surface area contributed by atoms with Crippen LogP contribution in [0.4, 0.5) is 5.69 Å². The van der Waals surface area contributed by atoms with Gasteiger partial charge in [-0.1, -0.05) is 12.1 Å². The molecule has 0 saturated carbocycles. The summed E-state index contributed by atoms with van der Waals surface area (Å²) in [4.78, 5) is 0. The maximum absolute atomic E-state index is 8.77. The Kier molecular flexibility index (Phi) is 4.39. The maximum atomic E-state index is 8.77. The van der Waals surface area contributed by atoms with Crippen LogP contribution < -0.4 is 10.9 Å². The highest BCUT2D eigenvalue weighted by Crippen LogP contribution is 2.13. The van der Waals surface area contributed by atoms with Crippen molar-refractivity contribution in [1.82, 2.24) is 0 Å². The molecule has 0 bridgehead atoms. The average Bonchev–Trinajstić information content (AvgIpc) is 2.19. The number of nitrogens with zero attached hydrogens (tertiary/aromatic N) is 1. The topological polar surface area (TPSA) is 69.7 Å². The van der Waals surface area contributed by atoms with Gasteiger partial charge in [-0.15, -0.1) is 0 Å². The van der Waals surface area contributed by atoms with Gasteiger partial charge in [0, 0.05) is 6.61 Å². The molecule has 0 fully saturated rings. The van der Waals surface area contributed by atoms with Gasteiger partial charge >= 0.3 is 0 Å². The molecule has 4 heteroatoms. The molecule has 0 amide bonds. The van der Waals surface area contributed by atoms with Crippen LogP contribution in [0.5, 0.6) is 0 Å². The van der Waals surface area contributed by atoms with Gasteiger partial charge in [-0.2, -0.15) is 0 Å². The predicted molar refractivity (Wildman–Crippen MR) is 55.9 cm³/mol. The lowest BCUT2D eigenvalue weighted by atomic mass is 10.1. The number of anilines is 1. The molecule has 1 aromatic carbocycles. The highest BCUT2D eigenvalue weighted by Gasteiger charge is 2.01. The lowest BCUT2D eigenvalue weighted by Gasteiger charge is -2.17. The molecular formula is C10H16N2O2. The summed E-state index contributed by atoms with van der Waals surface area (Å²) in [7, 11) is 0. The SMILES string of the molecule is NN(CCO)c1cccc(CCO)c1. The number of nitrogens with two attached hydrogens (primary N) is 1. The van der Waals surface area contributed by atoms with Gasteiger partial charge in [-0.3, -0.25) is 0 Å². The van der Waals surface area contributed by atoms with Gasteiger partial charge in [0.1, 0.15) is 0 Å². The summed E-state index contributed by atoms with van der Waals surface area (Å²) in [5, 5.41) is 19.0. The van der Waals surface area contributed by atoms with E-state index in [0.717, 1.165) is 11.3 Å². The number of aliphatic hydroxyl groups is 2. The van der Waals surface area contributed by atoms with E-state index in [9.17, 15) is 0 Å². The number of benzene rings is 1. The number of aliphatic hydroxyl groups excluding tert-OH is 2. The van der Waals surface area contributed by atoms with Crippen molar-refractivity contribution >= 4 is 5.69 Å². The zero-order valence-corrected chi connectivity index (χ0v) is 8.06. The third kappa shape index (κ3) is 2.99. The zero-order chi connectivity index (χ0) is 10.4. The number of hydrazine groups is 1. The van der Waals surface area contributed by atoms with E-state index in [0.29, 0.717) is 13.0 Å². The average molecular weight is 196 g/mol. The molecule has 0 unspecified atom stereocenters. The number of rotatable bonds is 5. The monoisotopic (exact) mass is 196 g/mol. The summed E-state index contributed by atoms with van der Waals surface area (Å²) in [5.41, 5.74) is 1.89. The molecule has 78 valence electrons. The smallest absolute Gasteiger partial charge is 0.0622 e. The van der Waals surface area contributed by atoms with E-state index in [1.165, 1.54) is 5.01 Å². The highest BCUT2D eigenvalue weighted by molar-refractivity contribution is 5.47. The Morgan fingerprint density at radius 2 is 2.00 bits per heavy atom. The van der Waals surface area contributed by atoms with Crippen LogP contribution in [0.3, 0.4) is 0 Å². The summed E-state index contributed by atoms with van der Waals surface area (Å²) in [6.45, 7) is 0.567. The first-order valence-electron chi connectivity index (χ1n) is 4.61. The van der Waals surface area contributed by atoms with Crippen LogP contribution >= 0.6 is 0 Å². The fraction of sp³-hybridized carbons (Fsp3) is 0.400. The summed E-state index contributed by atoms with van der Waals surface area (Å²) in [6, 6.07) is 7.60. The van der Waals surface area contributed by atoms with Crippen molar-refractivity contribution in [2.75, 3.05) is 24.8 Å². The largest absolute Gasteiger partial charge is 0.396 e. The Balaban J connectivity index is 2.71. The van der Waals surface area contributed by atoms with Crippen LogP contribution in [0.25, 0.3) is 0 Å². The molecule has 0 aliphatic carbocycles. The first-order chi connectivity index (χ1) is 6.77. The summed E-state index contributed by atoms with van der Waals surface area (Å²) in [6.07, 6.45) is 0.626. The standard InChI is InChI=1S/C10H16N2O2/c11-12(5-7-14)10-3-1-2-9(8-10)4-6-13/h1-3,8,13-14H,4-7,11H2. The van der Waals surface area contributed by atoms with E-state index in [4.69, 9.17) is 16.1 Å². The van der Waals surface area contributed by atoms with Crippen LogP contribution in [0, 0.1) is 0 Å². The molecule has 14 heavy (non-hydrogen) atoms. The molecule has 4 nitrogen and oxygen atoms in total. The molecule has 0 aliphatic rings. The first kappa shape index (κ1) is 11.0. The lowest BCUT2D eigenvalue weighted by Crippen LogP contribution is -2.33. The molecular weight excluding hydrogens is 180 g/mol. The van der Waals surface area contributed by atoms with Crippen molar-refractivity contribution in [3.05, 3.63) is 29.8 Å². The van der Waals surface area contributed by atoms with Gasteiger partial charge in [0.15, 0.2) is 0 Å².